The van der Waals surface area contributed by atoms with Crippen LogP contribution in [0, 0.1) is 0 Å². The molecule has 14 heavy (non-hydrogen) atoms. The molecule has 0 aliphatic rings. The molecule has 0 spiro atoms. The molecule has 2 heterocycles. The van der Waals surface area contributed by atoms with Crippen LogP contribution in [0.3, 0.4) is 0 Å². The molecular weight excluding hydrogens is 210 g/mol. The van der Waals surface area contributed by atoms with Crippen LogP contribution >= 0.6 is 18.5 Å². The zero-order valence-electron chi connectivity index (χ0n) is 7.51. The van der Waals surface area contributed by atoms with E-state index in [1.165, 1.54) is 0 Å². The Balaban J connectivity index is 2.61. The van der Waals surface area contributed by atoms with Crippen molar-refractivity contribution < 1.29 is 0 Å². The summed E-state index contributed by atoms with van der Waals surface area (Å²) in [6, 6.07) is 7.84. The number of pyridine rings is 2. The summed E-state index contributed by atoms with van der Waals surface area (Å²) in [5, 5.41) is 2.13. The molecule has 0 amide bonds. The fraction of sp³-hybridized carbons (Fsp3) is 0. The van der Waals surface area contributed by atoms with Gasteiger partial charge in [0.2, 0.25) is 0 Å². The van der Waals surface area contributed by atoms with Crippen LogP contribution in [0.1, 0.15) is 0 Å². The number of hydrogen-bond acceptors (Lipinski definition) is 2. The van der Waals surface area contributed by atoms with Gasteiger partial charge in [-0.1, -0.05) is 12.1 Å². The fourth-order valence-electron chi connectivity index (χ4n) is 1.23. The van der Waals surface area contributed by atoms with Gasteiger partial charge in [-0.2, -0.15) is 0 Å². The summed E-state index contributed by atoms with van der Waals surface area (Å²) in [5.74, 6) is 0. The Morgan fingerprint density at radius 3 is 1.57 bits per heavy atom. The van der Waals surface area contributed by atoms with E-state index >= 15 is 0 Å². The van der Waals surface area contributed by atoms with Gasteiger partial charge in [-0.25, -0.2) is 0 Å². The van der Waals surface area contributed by atoms with Gasteiger partial charge in [-0.3, -0.25) is 9.97 Å². The molecule has 2 aromatic heterocycles. The van der Waals surface area contributed by atoms with Crippen molar-refractivity contribution >= 4 is 29.1 Å². The Morgan fingerprint density at radius 2 is 1.21 bits per heavy atom. The average molecular weight is 220 g/mol. The van der Waals surface area contributed by atoms with Gasteiger partial charge in [0.25, 0.3) is 0 Å². The molecule has 0 aliphatic heterocycles. The Kier molecular flexibility index (Phi) is 2.86. The summed E-state index contributed by atoms with van der Waals surface area (Å²) >= 11 is 0. The number of hydrogen-bond donors (Lipinski definition) is 0. The molecule has 2 atom stereocenters. The molecule has 0 aliphatic carbocycles. The predicted octanol–water partition coefficient (Wildman–Crippen LogP) is 1.14. The second-order valence-electron chi connectivity index (χ2n) is 2.88. The van der Waals surface area contributed by atoms with Crippen LogP contribution in [-0.4, -0.2) is 9.97 Å². The lowest BCUT2D eigenvalue weighted by Gasteiger charge is -2.05. The van der Waals surface area contributed by atoms with Crippen LogP contribution < -0.4 is 10.6 Å². The first kappa shape index (κ1) is 9.71. The Hall–Kier alpha value is -0.840. The van der Waals surface area contributed by atoms with Crippen molar-refractivity contribution in [2.24, 2.45) is 0 Å². The summed E-state index contributed by atoms with van der Waals surface area (Å²) in [6.45, 7) is 0. The predicted molar refractivity (Wildman–Crippen MR) is 66.2 cm³/mol. The lowest BCUT2D eigenvalue weighted by molar-refractivity contribution is 1.27. The maximum absolute atomic E-state index is 4.31. The van der Waals surface area contributed by atoms with Crippen molar-refractivity contribution in [2.45, 2.75) is 0 Å². The van der Waals surface area contributed by atoms with Gasteiger partial charge in [0.1, 0.15) is 0 Å². The third-order valence-electron chi connectivity index (χ3n) is 1.90. The molecule has 2 unspecified atom stereocenters. The number of nitrogens with zero attached hydrogens (tertiary/aromatic N) is 2. The van der Waals surface area contributed by atoms with E-state index in [1.807, 2.05) is 24.3 Å². The van der Waals surface area contributed by atoms with Gasteiger partial charge < -0.3 is 0 Å². The van der Waals surface area contributed by atoms with Gasteiger partial charge in [0, 0.05) is 12.4 Å². The highest BCUT2D eigenvalue weighted by atomic mass is 31.0. The normalized spacial score (nSPS) is 10.1. The second kappa shape index (κ2) is 4.13. The number of aromatic nitrogens is 2. The van der Waals surface area contributed by atoms with Crippen molar-refractivity contribution in [3.05, 3.63) is 36.7 Å². The van der Waals surface area contributed by atoms with E-state index in [9.17, 15) is 0 Å². The largest absolute Gasteiger partial charge is 0.254 e. The monoisotopic (exact) mass is 220 g/mol. The third kappa shape index (κ3) is 1.82. The topological polar surface area (TPSA) is 25.8 Å². The SMILES string of the molecule is Pc1cccnc1-c1ncccc1P. The molecule has 2 rings (SSSR count). The van der Waals surface area contributed by atoms with E-state index in [-0.39, 0.29) is 0 Å². The zero-order valence-corrected chi connectivity index (χ0v) is 9.82. The van der Waals surface area contributed by atoms with E-state index in [0.29, 0.717) is 0 Å². The molecule has 4 heteroatoms. The maximum atomic E-state index is 4.31. The molecule has 0 N–H and O–H groups in total. The van der Waals surface area contributed by atoms with Crippen molar-refractivity contribution in [2.75, 3.05) is 0 Å². The van der Waals surface area contributed by atoms with E-state index < -0.39 is 0 Å². The van der Waals surface area contributed by atoms with Gasteiger partial charge >= 0.3 is 0 Å². The van der Waals surface area contributed by atoms with Crippen LogP contribution in [-0.2, 0) is 0 Å². The van der Waals surface area contributed by atoms with Gasteiger partial charge in [-0.15, -0.1) is 18.5 Å². The van der Waals surface area contributed by atoms with Crippen molar-refractivity contribution in [3.63, 3.8) is 0 Å². The summed E-state index contributed by atoms with van der Waals surface area (Å²) in [5.41, 5.74) is 1.84. The summed E-state index contributed by atoms with van der Waals surface area (Å²) in [6.07, 6.45) is 3.56. The second-order valence-corrected chi connectivity index (χ2v) is 4.13. The Bertz CT molecular complexity index is 414. The minimum Gasteiger partial charge on any atom is -0.254 e. The van der Waals surface area contributed by atoms with Crippen LogP contribution in [0.25, 0.3) is 11.4 Å². The van der Waals surface area contributed by atoms with Crippen molar-refractivity contribution in [3.8, 4) is 11.4 Å². The standard InChI is InChI=1S/C10H10N2P2/c13-7-3-1-5-11-9(7)10-8(14)4-2-6-12-10/h1-6H,13-14H2. The minimum atomic E-state index is 0.920. The highest BCUT2D eigenvalue weighted by Gasteiger charge is 2.06. The highest BCUT2D eigenvalue weighted by molar-refractivity contribution is 7.28. The first-order chi connectivity index (χ1) is 6.79. The maximum Gasteiger partial charge on any atom is 0.0963 e. The first-order valence-corrected chi connectivity index (χ1v) is 5.36. The summed E-state index contributed by atoms with van der Waals surface area (Å²) in [7, 11) is 5.34. The van der Waals surface area contributed by atoms with E-state index in [0.717, 1.165) is 22.0 Å². The van der Waals surface area contributed by atoms with E-state index in [2.05, 4.69) is 28.4 Å². The smallest absolute Gasteiger partial charge is 0.0963 e. The molecule has 2 aromatic rings. The molecule has 0 saturated heterocycles. The molecule has 0 aromatic carbocycles. The van der Waals surface area contributed by atoms with E-state index in [4.69, 9.17) is 0 Å². The van der Waals surface area contributed by atoms with Gasteiger partial charge in [-0.05, 0) is 22.7 Å². The van der Waals surface area contributed by atoms with Gasteiger partial charge in [0.15, 0.2) is 0 Å². The molecular formula is C10H10N2P2. The number of rotatable bonds is 1. The zero-order chi connectivity index (χ0) is 9.97. The van der Waals surface area contributed by atoms with Crippen LogP contribution in [0.2, 0.25) is 0 Å². The van der Waals surface area contributed by atoms with Crippen LogP contribution in [0.15, 0.2) is 36.7 Å². The van der Waals surface area contributed by atoms with Crippen molar-refractivity contribution in [1.82, 2.24) is 9.97 Å². The fourth-order valence-corrected chi connectivity index (χ4v) is 1.88. The quantitative estimate of drug-likeness (QED) is 0.673. The Labute approximate surface area is 87.6 Å². The van der Waals surface area contributed by atoms with E-state index in [1.54, 1.807) is 12.4 Å². The molecule has 0 bridgehead atoms. The summed E-state index contributed by atoms with van der Waals surface area (Å²) < 4.78 is 0. The lowest BCUT2D eigenvalue weighted by atomic mass is 10.2. The van der Waals surface area contributed by atoms with Crippen molar-refractivity contribution in [1.29, 1.82) is 0 Å². The van der Waals surface area contributed by atoms with Crippen LogP contribution in [0.4, 0.5) is 0 Å². The molecule has 0 fully saturated rings. The first-order valence-electron chi connectivity index (χ1n) is 4.20. The van der Waals surface area contributed by atoms with Gasteiger partial charge in [0.05, 0.1) is 11.4 Å². The summed E-state index contributed by atoms with van der Waals surface area (Å²) in [4.78, 5) is 8.63. The Morgan fingerprint density at radius 1 is 0.786 bits per heavy atom. The lowest BCUT2D eigenvalue weighted by Crippen LogP contribution is -2.07. The van der Waals surface area contributed by atoms with Crippen LogP contribution in [0.5, 0.6) is 0 Å². The molecule has 70 valence electrons. The minimum absolute atomic E-state index is 0.920. The molecule has 2 nitrogen and oxygen atoms in total. The third-order valence-corrected chi connectivity index (χ3v) is 2.83. The average Bonchev–Trinajstić information content (AvgIpc) is 2.20. The highest BCUT2D eigenvalue weighted by Crippen LogP contribution is 2.12. The molecule has 0 radical (unpaired) electrons. The molecule has 0 saturated carbocycles.